The van der Waals surface area contributed by atoms with Crippen molar-refractivity contribution in [3.63, 3.8) is 0 Å². The maximum absolute atomic E-state index is 16.4. The van der Waals surface area contributed by atoms with Gasteiger partial charge in [-0.3, -0.25) is 28.8 Å². The van der Waals surface area contributed by atoms with Crippen LogP contribution < -0.4 is 0 Å². The lowest BCUT2D eigenvalue weighted by Gasteiger charge is -2.49. The van der Waals surface area contributed by atoms with E-state index < -0.39 is 171 Å². The highest BCUT2D eigenvalue weighted by Crippen LogP contribution is 2.44. The SMILES string of the molecule is CC(=O)OC[C@H]1O[C@@H](O[C@H]2[C@H](O[C@H]3O[C@H](CN=[N+]=[N-])[C@@H](OC(C)=O)C(F)(F)C3N=[N+]=[N-])[C@@H](C)CC(N=[N+]=[N-])[C@@H]2OC(C)=O)[C@H](OC(C)=O)[C@@H]1O[C@H]1O[C@@H](CN=[N+]=[N-])[C@@H](OC(C)=O)[C@H](OC(C)=O)C1N=[N+]=[N-]. The molecule has 388 valence electrons. The van der Waals surface area contributed by atoms with Crippen LogP contribution >= 0.6 is 0 Å². The molecule has 4 rings (SSSR count). The van der Waals surface area contributed by atoms with Crippen molar-refractivity contribution in [1.29, 1.82) is 0 Å². The van der Waals surface area contributed by atoms with Crippen molar-refractivity contribution in [1.82, 2.24) is 0 Å². The number of halogens is 2. The van der Waals surface area contributed by atoms with Gasteiger partial charge in [0.1, 0.15) is 49.3 Å². The molecule has 1 aliphatic carbocycles. The van der Waals surface area contributed by atoms with Crippen LogP contribution in [0, 0.1) is 5.92 Å². The molecule has 1 saturated carbocycles. The van der Waals surface area contributed by atoms with E-state index in [1.807, 2.05) is 0 Å². The van der Waals surface area contributed by atoms with Crippen molar-refractivity contribution in [2.45, 2.75) is 165 Å². The first-order valence-electron chi connectivity index (χ1n) is 21.1. The molecule has 18 atom stereocenters. The molecule has 3 aliphatic heterocycles. The minimum absolute atomic E-state index is 0.228. The first kappa shape index (κ1) is 56.6. The molecule has 4 fully saturated rings. The van der Waals surface area contributed by atoms with E-state index >= 15 is 8.78 Å². The molecule has 0 amide bonds. The van der Waals surface area contributed by atoms with Crippen molar-refractivity contribution >= 4 is 35.8 Å². The minimum Gasteiger partial charge on any atom is -0.463 e. The van der Waals surface area contributed by atoms with Gasteiger partial charge in [-0.2, -0.15) is 0 Å². The van der Waals surface area contributed by atoms with Gasteiger partial charge in [0.05, 0.1) is 25.2 Å². The van der Waals surface area contributed by atoms with Gasteiger partial charge in [0.15, 0.2) is 49.3 Å². The van der Waals surface area contributed by atoms with Crippen LogP contribution in [0.1, 0.15) is 54.9 Å². The van der Waals surface area contributed by atoms with Crippen LogP contribution in [0.2, 0.25) is 0 Å². The molecule has 3 saturated heterocycles. The van der Waals surface area contributed by atoms with Gasteiger partial charge in [-0.25, -0.2) is 8.78 Å². The highest BCUT2D eigenvalue weighted by Gasteiger charge is 2.63. The molecule has 35 heteroatoms. The molecule has 71 heavy (non-hydrogen) atoms. The predicted molar refractivity (Wildman–Crippen MR) is 221 cm³/mol. The topological polar surface area (TPSA) is 457 Å². The van der Waals surface area contributed by atoms with Gasteiger partial charge in [0, 0.05) is 66.1 Å². The summed E-state index contributed by atoms with van der Waals surface area (Å²) in [5.41, 5.74) is 46.9. The van der Waals surface area contributed by atoms with Gasteiger partial charge in [-0.1, -0.05) is 32.5 Å². The van der Waals surface area contributed by atoms with E-state index in [9.17, 15) is 45.4 Å². The van der Waals surface area contributed by atoms with Gasteiger partial charge >= 0.3 is 35.8 Å². The zero-order valence-electron chi connectivity index (χ0n) is 38.5. The van der Waals surface area contributed by atoms with E-state index in [0.29, 0.717) is 0 Å². The normalized spacial score (nSPS) is 34.8. The Bertz CT molecular complexity index is 2240. The second-order valence-corrected chi connectivity index (χ2v) is 15.9. The van der Waals surface area contributed by atoms with Crippen LogP contribution in [0.25, 0.3) is 52.2 Å². The summed E-state index contributed by atoms with van der Waals surface area (Å²) < 4.78 is 102. The third kappa shape index (κ3) is 14.5. The molecule has 0 aromatic rings. The van der Waals surface area contributed by atoms with Gasteiger partial charge in [-0.15, -0.1) is 0 Å². The fourth-order valence-corrected chi connectivity index (χ4v) is 8.25. The quantitative estimate of drug-likeness (QED) is 0.0549. The summed E-state index contributed by atoms with van der Waals surface area (Å²) in [6.07, 6.45) is -26.3. The number of azide groups is 5. The monoisotopic (exact) mass is 1020 g/mol. The van der Waals surface area contributed by atoms with Crippen molar-refractivity contribution < 1.29 is 94.4 Å². The summed E-state index contributed by atoms with van der Waals surface area (Å²) >= 11 is 0. The van der Waals surface area contributed by atoms with Crippen LogP contribution in [-0.2, 0) is 85.6 Å². The van der Waals surface area contributed by atoms with Gasteiger partial charge in [0.25, 0.3) is 5.92 Å². The average molecular weight is 1020 g/mol. The lowest BCUT2D eigenvalue weighted by molar-refractivity contribution is -0.335. The number of hydrogen-bond donors (Lipinski definition) is 0. The molecular weight excluding hydrogens is 968 g/mol. The van der Waals surface area contributed by atoms with E-state index in [1.54, 1.807) is 0 Å². The Morgan fingerprint density at radius 3 is 1.58 bits per heavy atom. The highest BCUT2D eigenvalue weighted by atomic mass is 19.3. The van der Waals surface area contributed by atoms with E-state index in [-0.39, 0.29) is 6.42 Å². The summed E-state index contributed by atoms with van der Waals surface area (Å²) in [6.45, 7) is 4.87. The first-order chi connectivity index (χ1) is 33.6. The number of esters is 6. The Hall–Kier alpha value is -7.01. The standard InChI is InChI=1S/C36H47F2N15O18/c1-12-8-19(46-51-41)25(61-14(3)55)29(24(12)69-35-31(48-53-43)36(37,38)32(65-18(7)59)21(67-35)10-45-50-40)71-34-30(64-17(6)58)27(22(68-34)11-60-13(2)54)70-33-23(47-52-42)28(63-16(5)57)26(62-15(4)56)20(66-33)9-44-49-39/h12,19-35H,8-11H2,1-7H3/t12-,19?,20-,21+,22+,23?,24+,25-,26+,27+,28+,29-,30+,31?,32+,33+,34-,35+/m0/s1. The third-order valence-corrected chi connectivity index (χ3v) is 10.8. The van der Waals surface area contributed by atoms with E-state index in [1.165, 1.54) is 6.92 Å². The molecule has 33 nitrogen and oxygen atoms in total. The van der Waals surface area contributed by atoms with Crippen molar-refractivity contribution in [2.75, 3.05) is 19.7 Å². The van der Waals surface area contributed by atoms with Crippen LogP contribution in [0.5, 0.6) is 0 Å². The average Bonchev–Trinajstić information content (AvgIpc) is 3.58. The van der Waals surface area contributed by atoms with Crippen molar-refractivity contribution in [3.05, 3.63) is 52.2 Å². The summed E-state index contributed by atoms with van der Waals surface area (Å²) in [5.74, 6) is -11.4. The summed E-state index contributed by atoms with van der Waals surface area (Å²) in [6, 6.07) is -5.75. The number of rotatable bonds is 20. The van der Waals surface area contributed by atoms with Crippen LogP contribution in [0.3, 0.4) is 0 Å². The molecule has 0 aromatic heterocycles. The summed E-state index contributed by atoms with van der Waals surface area (Å²) in [4.78, 5) is 87.8. The molecule has 4 aliphatic rings. The lowest BCUT2D eigenvalue weighted by atomic mass is 9.80. The maximum atomic E-state index is 16.4. The zero-order valence-corrected chi connectivity index (χ0v) is 38.5. The van der Waals surface area contributed by atoms with Gasteiger partial charge in [0.2, 0.25) is 0 Å². The second kappa shape index (κ2) is 25.7. The molecule has 0 radical (unpaired) electrons. The van der Waals surface area contributed by atoms with E-state index in [0.717, 1.165) is 41.5 Å². The zero-order chi connectivity index (χ0) is 52.7. The van der Waals surface area contributed by atoms with Crippen LogP contribution in [-0.4, -0.2) is 166 Å². The molecule has 0 bridgehead atoms. The van der Waals surface area contributed by atoms with Crippen molar-refractivity contribution in [2.24, 2.45) is 31.5 Å². The number of hydrogen-bond acceptors (Lipinski definition) is 23. The van der Waals surface area contributed by atoms with Gasteiger partial charge in [-0.05, 0) is 40.0 Å². The first-order valence-corrected chi connectivity index (χ1v) is 21.1. The molecule has 0 N–H and O–H groups in total. The van der Waals surface area contributed by atoms with Crippen LogP contribution in [0.15, 0.2) is 25.6 Å². The van der Waals surface area contributed by atoms with Crippen LogP contribution in [0.4, 0.5) is 8.78 Å². The molecule has 3 heterocycles. The minimum atomic E-state index is -4.31. The fourth-order valence-electron chi connectivity index (χ4n) is 8.25. The number of carbonyl (C=O) groups is 6. The fraction of sp³-hybridized carbons (Fsp3) is 0.833. The molecule has 0 aromatic carbocycles. The number of carbonyl (C=O) groups excluding carboxylic acids is 6. The lowest BCUT2D eigenvalue weighted by Crippen LogP contribution is -2.66. The summed E-state index contributed by atoms with van der Waals surface area (Å²) in [5, 5.41) is 17.3. The number of alkyl halides is 2. The summed E-state index contributed by atoms with van der Waals surface area (Å²) in [7, 11) is 0. The number of nitrogens with zero attached hydrogens (tertiary/aromatic N) is 15. The molecular formula is C36H47F2N15O18. The predicted octanol–water partition coefficient (Wildman–Crippen LogP) is 3.87. The third-order valence-electron chi connectivity index (χ3n) is 10.8. The Morgan fingerprint density at radius 1 is 0.535 bits per heavy atom. The Kier molecular flexibility index (Phi) is 20.5. The second-order valence-electron chi connectivity index (χ2n) is 15.9. The Morgan fingerprint density at radius 2 is 1.03 bits per heavy atom. The van der Waals surface area contributed by atoms with Crippen molar-refractivity contribution in [3.8, 4) is 0 Å². The molecule has 3 unspecified atom stereocenters. The Balaban J connectivity index is 1.89. The number of ether oxygens (including phenoxy) is 12. The smallest absolute Gasteiger partial charge is 0.303 e. The largest absolute Gasteiger partial charge is 0.463 e. The highest BCUT2D eigenvalue weighted by molar-refractivity contribution is 5.68. The van der Waals surface area contributed by atoms with E-state index in [4.69, 9.17) is 67.9 Å². The maximum Gasteiger partial charge on any atom is 0.303 e. The van der Waals surface area contributed by atoms with Gasteiger partial charge < -0.3 is 56.8 Å². The Labute approximate surface area is 398 Å². The van der Waals surface area contributed by atoms with E-state index in [2.05, 4.69) is 50.1 Å². The molecule has 0 spiro atoms.